The van der Waals surface area contributed by atoms with Crippen LogP contribution in [0.3, 0.4) is 0 Å². The maximum absolute atomic E-state index is 11.9. The molecule has 1 fully saturated rings. The maximum atomic E-state index is 11.9. The van der Waals surface area contributed by atoms with Crippen molar-refractivity contribution >= 4 is 35.5 Å². The number of carbonyl (C=O) groups is 4. The van der Waals surface area contributed by atoms with Crippen molar-refractivity contribution < 1.29 is 48.7 Å². The van der Waals surface area contributed by atoms with Crippen LogP contribution in [0.25, 0.3) is 0 Å². The lowest BCUT2D eigenvalue weighted by atomic mass is 9.68. The number of carbonyl (C=O) groups excluding carboxylic acids is 1. The molecular formula is C29H33ClO10. The zero-order valence-electron chi connectivity index (χ0n) is 22.2. The van der Waals surface area contributed by atoms with E-state index in [0.29, 0.717) is 23.6 Å². The van der Waals surface area contributed by atoms with Crippen LogP contribution in [0.5, 0.6) is 5.75 Å². The molecule has 216 valence electrons. The van der Waals surface area contributed by atoms with E-state index in [0.717, 1.165) is 16.9 Å². The number of rotatable bonds is 13. The average molecular weight is 577 g/mol. The minimum atomic E-state index is -1.20. The Hall–Kier alpha value is -3.63. The van der Waals surface area contributed by atoms with E-state index in [1.165, 1.54) is 6.92 Å². The molecule has 5 atom stereocenters. The number of aliphatic carboxylic acids is 3. The van der Waals surface area contributed by atoms with Gasteiger partial charge < -0.3 is 29.5 Å². The van der Waals surface area contributed by atoms with Crippen LogP contribution in [0.2, 0.25) is 5.02 Å². The number of halogens is 1. The summed E-state index contributed by atoms with van der Waals surface area (Å²) < 4.78 is 16.9. The number of esters is 1. The van der Waals surface area contributed by atoms with Gasteiger partial charge in [0.2, 0.25) is 0 Å². The van der Waals surface area contributed by atoms with E-state index in [1.807, 2.05) is 31.2 Å². The van der Waals surface area contributed by atoms with Gasteiger partial charge in [-0.2, -0.15) is 0 Å². The minimum Gasteiger partial charge on any atom is -0.494 e. The van der Waals surface area contributed by atoms with E-state index in [1.54, 1.807) is 18.2 Å². The van der Waals surface area contributed by atoms with Crippen LogP contribution in [0.1, 0.15) is 55.9 Å². The SMILES string of the molecule is CCOc1ccc(Cc2cc([C@@H]3O[C@@H](COC(C)=O)[C@H](CC(=O)O)[C@H](CC(=O)O)[C@@H]3CC(=O)O)ccc2Cl)cc1. The van der Waals surface area contributed by atoms with Crippen molar-refractivity contribution in [2.45, 2.75) is 51.7 Å². The second-order valence-corrected chi connectivity index (χ2v) is 10.2. The van der Waals surface area contributed by atoms with Gasteiger partial charge in [-0.25, -0.2) is 0 Å². The quantitative estimate of drug-likeness (QED) is 0.288. The van der Waals surface area contributed by atoms with E-state index in [4.69, 9.17) is 25.8 Å². The van der Waals surface area contributed by atoms with Crippen molar-refractivity contribution in [2.75, 3.05) is 13.2 Å². The molecule has 0 aromatic heterocycles. The fraction of sp³-hybridized carbons (Fsp3) is 0.448. The largest absolute Gasteiger partial charge is 0.494 e. The Labute approximate surface area is 236 Å². The Balaban J connectivity index is 2.03. The Morgan fingerprint density at radius 2 is 1.48 bits per heavy atom. The number of benzene rings is 2. The third kappa shape index (κ3) is 8.43. The molecule has 1 aliphatic heterocycles. The van der Waals surface area contributed by atoms with E-state index < -0.39 is 73.1 Å². The number of hydrogen-bond acceptors (Lipinski definition) is 7. The predicted octanol–water partition coefficient (Wildman–Crippen LogP) is 4.61. The summed E-state index contributed by atoms with van der Waals surface area (Å²) in [6.07, 6.45) is -2.83. The summed E-state index contributed by atoms with van der Waals surface area (Å²) in [5, 5.41) is 29.5. The van der Waals surface area contributed by atoms with Gasteiger partial charge in [0, 0.05) is 30.2 Å². The third-order valence-electron chi connectivity index (χ3n) is 7.00. The van der Waals surface area contributed by atoms with Gasteiger partial charge in [0.15, 0.2) is 0 Å². The number of carboxylic acid groups (broad SMARTS) is 3. The third-order valence-corrected chi connectivity index (χ3v) is 7.37. The van der Waals surface area contributed by atoms with Crippen LogP contribution in [0.15, 0.2) is 42.5 Å². The van der Waals surface area contributed by atoms with Gasteiger partial charge in [0.25, 0.3) is 0 Å². The highest BCUT2D eigenvalue weighted by atomic mass is 35.5. The van der Waals surface area contributed by atoms with Gasteiger partial charge in [-0.1, -0.05) is 35.9 Å². The topological polar surface area (TPSA) is 157 Å². The fourth-order valence-electron chi connectivity index (χ4n) is 5.34. The summed E-state index contributed by atoms with van der Waals surface area (Å²) in [5.41, 5.74) is 2.25. The summed E-state index contributed by atoms with van der Waals surface area (Å²) in [7, 11) is 0. The Morgan fingerprint density at radius 3 is 2.05 bits per heavy atom. The molecule has 2 aromatic carbocycles. The standard InChI is InChI=1S/C29H33ClO10/c1-3-38-20-7-4-17(5-8-20)10-19-11-18(6-9-24(19)30)29-23(14-28(36)37)21(12-26(32)33)22(13-27(34)35)25(40-29)15-39-16(2)31/h4-9,11,21-23,25,29H,3,10,12-15H2,1-2H3,(H,32,33)(H,34,35)(H,36,37)/t21-,22+,23-,25-,29-/m0/s1. The zero-order chi connectivity index (χ0) is 29.4. The van der Waals surface area contributed by atoms with Gasteiger partial charge in [-0.3, -0.25) is 19.2 Å². The van der Waals surface area contributed by atoms with Crippen LogP contribution in [-0.2, 0) is 35.1 Å². The molecule has 2 aromatic rings. The fourth-order valence-corrected chi connectivity index (χ4v) is 5.53. The van der Waals surface area contributed by atoms with Crippen molar-refractivity contribution in [3.8, 4) is 5.75 Å². The van der Waals surface area contributed by atoms with E-state index in [-0.39, 0.29) is 6.61 Å². The molecule has 11 heteroatoms. The van der Waals surface area contributed by atoms with Crippen LogP contribution < -0.4 is 4.74 Å². The van der Waals surface area contributed by atoms with Crippen molar-refractivity contribution in [3.63, 3.8) is 0 Å². The molecule has 1 heterocycles. The highest BCUT2D eigenvalue weighted by Crippen LogP contribution is 2.48. The summed E-state index contributed by atoms with van der Waals surface area (Å²) >= 11 is 6.52. The minimum absolute atomic E-state index is 0.299. The zero-order valence-corrected chi connectivity index (χ0v) is 23.0. The molecule has 0 bridgehead atoms. The van der Waals surface area contributed by atoms with Gasteiger partial charge in [-0.15, -0.1) is 0 Å². The highest BCUT2D eigenvalue weighted by Gasteiger charge is 2.48. The van der Waals surface area contributed by atoms with E-state index >= 15 is 0 Å². The summed E-state index contributed by atoms with van der Waals surface area (Å²) in [6.45, 7) is 3.33. The number of hydrogen-bond donors (Lipinski definition) is 3. The van der Waals surface area contributed by atoms with Crippen molar-refractivity contribution in [2.24, 2.45) is 17.8 Å². The molecule has 0 saturated carbocycles. The first-order chi connectivity index (χ1) is 19.0. The van der Waals surface area contributed by atoms with Crippen LogP contribution in [0.4, 0.5) is 0 Å². The Bertz CT molecular complexity index is 1210. The summed E-state index contributed by atoms with van der Waals surface area (Å²) in [4.78, 5) is 47.1. The van der Waals surface area contributed by atoms with Crippen LogP contribution in [-0.4, -0.2) is 58.5 Å². The first kappa shape index (κ1) is 30.9. The van der Waals surface area contributed by atoms with Gasteiger partial charge in [0.1, 0.15) is 12.4 Å². The van der Waals surface area contributed by atoms with Crippen molar-refractivity contribution in [3.05, 3.63) is 64.2 Å². The molecular weight excluding hydrogens is 544 g/mol. The second-order valence-electron chi connectivity index (χ2n) is 9.79. The Kier molecular flexibility index (Phi) is 10.9. The number of carboxylic acids is 3. The predicted molar refractivity (Wildman–Crippen MR) is 143 cm³/mol. The number of ether oxygens (including phenoxy) is 3. The molecule has 3 rings (SSSR count). The van der Waals surface area contributed by atoms with Crippen molar-refractivity contribution in [1.82, 2.24) is 0 Å². The molecule has 3 N–H and O–H groups in total. The molecule has 40 heavy (non-hydrogen) atoms. The maximum Gasteiger partial charge on any atom is 0.303 e. The lowest BCUT2D eigenvalue weighted by Crippen LogP contribution is -2.48. The molecule has 0 unspecified atom stereocenters. The molecule has 0 amide bonds. The van der Waals surface area contributed by atoms with Crippen LogP contribution >= 0.6 is 11.6 Å². The highest BCUT2D eigenvalue weighted by molar-refractivity contribution is 6.31. The molecule has 1 aliphatic rings. The van der Waals surface area contributed by atoms with Gasteiger partial charge in [0.05, 0.1) is 31.7 Å². The van der Waals surface area contributed by atoms with Crippen molar-refractivity contribution in [1.29, 1.82) is 0 Å². The average Bonchev–Trinajstić information content (AvgIpc) is 2.87. The van der Waals surface area contributed by atoms with Gasteiger partial charge >= 0.3 is 23.9 Å². The first-order valence-electron chi connectivity index (χ1n) is 12.9. The smallest absolute Gasteiger partial charge is 0.303 e. The Morgan fingerprint density at radius 1 is 0.875 bits per heavy atom. The molecule has 0 spiro atoms. The van der Waals surface area contributed by atoms with E-state index in [2.05, 4.69) is 0 Å². The molecule has 0 radical (unpaired) electrons. The monoisotopic (exact) mass is 576 g/mol. The summed E-state index contributed by atoms with van der Waals surface area (Å²) in [6, 6.07) is 12.7. The lowest BCUT2D eigenvalue weighted by molar-refractivity contribution is -0.189. The molecule has 10 nitrogen and oxygen atoms in total. The molecule has 1 saturated heterocycles. The second kappa shape index (κ2) is 14.1. The van der Waals surface area contributed by atoms with E-state index in [9.17, 15) is 34.5 Å². The first-order valence-corrected chi connectivity index (χ1v) is 13.3. The summed E-state index contributed by atoms with van der Waals surface area (Å²) in [5.74, 6) is -6.10. The van der Waals surface area contributed by atoms with Crippen LogP contribution in [0, 0.1) is 17.8 Å². The normalized spacial score (nSPS) is 22.3. The van der Waals surface area contributed by atoms with Gasteiger partial charge in [-0.05, 0) is 54.2 Å². The lowest BCUT2D eigenvalue weighted by Gasteiger charge is -2.46. The molecule has 0 aliphatic carbocycles.